The molecule has 6 nitrogen and oxygen atoms in total. The highest BCUT2D eigenvalue weighted by Gasteiger charge is 2.31. The number of hydrogen-bond donors (Lipinski definition) is 0. The number of alkyl halides is 3. The van der Waals surface area contributed by atoms with Crippen molar-refractivity contribution in [3.05, 3.63) is 59.8 Å². The van der Waals surface area contributed by atoms with E-state index >= 15 is 0 Å². The maximum absolute atomic E-state index is 13.0. The molecule has 170 valence electrons. The molecule has 0 aliphatic carbocycles. The van der Waals surface area contributed by atoms with Gasteiger partial charge in [0.05, 0.1) is 45.8 Å². The molecule has 0 unspecified atom stereocenters. The highest BCUT2D eigenvalue weighted by molar-refractivity contribution is 8.00. The second-order valence-corrected chi connectivity index (χ2v) is 8.10. The topological polar surface area (TPSA) is 63.9 Å². The predicted molar refractivity (Wildman–Crippen MR) is 118 cm³/mol. The lowest BCUT2D eigenvalue weighted by molar-refractivity contribution is -0.138. The summed E-state index contributed by atoms with van der Waals surface area (Å²) in [4.78, 5) is 22.7. The Morgan fingerprint density at radius 3 is 2.62 bits per heavy atom. The van der Waals surface area contributed by atoms with Gasteiger partial charge in [0.15, 0.2) is 0 Å². The Balaban J connectivity index is 1.79. The maximum Gasteiger partial charge on any atom is 0.417 e. The number of amides is 1. The second-order valence-electron chi connectivity index (χ2n) is 7.14. The third-order valence-electron chi connectivity index (χ3n) is 4.76. The molecule has 3 aromatic rings. The number of carbonyl (C=O) groups excluding carboxylic acids is 1. The Morgan fingerprint density at radius 1 is 1.25 bits per heavy atom. The molecule has 3 aromatic heterocycles. The van der Waals surface area contributed by atoms with Crippen molar-refractivity contribution in [1.82, 2.24) is 19.7 Å². The number of thioether (sulfide) groups is 1. The SMILES string of the molecule is CCCc1nn(-c2cccnc2)cc1N(CC)C(=O)CSc1ncc(C(F)(F)F)cc1C. The van der Waals surface area contributed by atoms with Gasteiger partial charge in [0, 0.05) is 18.9 Å². The van der Waals surface area contributed by atoms with Gasteiger partial charge >= 0.3 is 6.18 Å². The van der Waals surface area contributed by atoms with Gasteiger partial charge in [-0.1, -0.05) is 25.1 Å². The van der Waals surface area contributed by atoms with Gasteiger partial charge < -0.3 is 4.90 Å². The Morgan fingerprint density at radius 2 is 2.03 bits per heavy atom. The largest absolute Gasteiger partial charge is 0.417 e. The van der Waals surface area contributed by atoms with Gasteiger partial charge in [0.1, 0.15) is 0 Å². The summed E-state index contributed by atoms with van der Waals surface area (Å²) in [6, 6.07) is 4.75. The third kappa shape index (κ3) is 5.48. The van der Waals surface area contributed by atoms with E-state index in [9.17, 15) is 18.0 Å². The lowest BCUT2D eigenvalue weighted by atomic mass is 10.2. The molecule has 0 aliphatic heterocycles. The summed E-state index contributed by atoms with van der Waals surface area (Å²) in [5, 5.41) is 5.05. The predicted octanol–water partition coefficient (Wildman–Crippen LogP) is 5.09. The molecule has 0 aromatic carbocycles. The number of anilines is 1. The molecule has 0 atom stereocenters. The van der Waals surface area contributed by atoms with Crippen LogP contribution in [0.4, 0.5) is 18.9 Å². The van der Waals surface area contributed by atoms with Crippen molar-refractivity contribution in [1.29, 1.82) is 0 Å². The van der Waals surface area contributed by atoms with Gasteiger partial charge in [-0.3, -0.25) is 9.78 Å². The number of carbonyl (C=O) groups is 1. The monoisotopic (exact) mass is 463 g/mol. The fourth-order valence-corrected chi connectivity index (χ4v) is 4.05. The number of aromatic nitrogens is 4. The lowest BCUT2D eigenvalue weighted by Gasteiger charge is -2.20. The molecule has 3 heterocycles. The molecule has 32 heavy (non-hydrogen) atoms. The summed E-state index contributed by atoms with van der Waals surface area (Å²) in [6.07, 6.45) is 3.12. The van der Waals surface area contributed by atoms with E-state index in [2.05, 4.69) is 15.1 Å². The molecule has 0 aliphatic rings. The van der Waals surface area contributed by atoms with E-state index in [4.69, 9.17) is 0 Å². The van der Waals surface area contributed by atoms with E-state index in [0.717, 1.165) is 47.5 Å². The average molecular weight is 464 g/mol. The van der Waals surface area contributed by atoms with Crippen molar-refractivity contribution >= 4 is 23.4 Å². The maximum atomic E-state index is 13.0. The van der Waals surface area contributed by atoms with E-state index < -0.39 is 11.7 Å². The van der Waals surface area contributed by atoms with Gasteiger partial charge in [-0.15, -0.1) is 0 Å². The van der Waals surface area contributed by atoms with E-state index in [1.165, 1.54) is 0 Å². The molecule has 0 saturated carbocycles. The highest BCUT2D eigenvalue weighted by atomic mass is 32.2. The normalized spacial score (nSPS) is 11.6. The van der Waals surface area contributed by atoms with Gasteiger partial charge in [0.2, 0.25) is 5.91 Å². The minimum absolute atomic E-state index is 0.0523. The quantitative estimate of drug-likeness (QED) is 0.436. The van der Waals surface area contributed by atoms with Crippen molar-refractivity contribution < 1.29 is 18.0 Å². The first-order chi connectivity index (χ1) is 15.2. The van der Waals surface area contributed by atoms with Gasteiger partial charge in [-0.05, 0) is 44.0 Å². The zero-order valence-corrected chi connectivity index (χ0v) is 18.9. The highest BCUT2D eigenvalue weighted by Crippen LogP contribution is 2.32. The van der Waals surface area contributed by atoms with Crippen LogP contribution in [0.3, 0.4) is 0 Å². The van der Waals surface area contributed by atoms with Crippen LogP contribution in [0, 0.1) is 6.92 Å². The first-order valence-electron chi connectivity index (χ1n) is 10.2. The standard InChI is InChI=1S/C22H24F3N5OS/c1-4-7-18-19(13-30(28-18)17-8-6-9-26-12-17)29(5-2)20(31)14-32-21-15(3)10-16(11-27-21)22(23,24)25/h6,8-13H,4-5,7,14H2,1-3H3. The van der Waals surface area contributed by atoms with Crippen molar-refractivity contribution in [2.75, 3.05) is 17.2 Å². The van der Waals surface area contributed by atoms with Crippen LogP contribution in [0.2, 0.25) is 0 Å². The summed E-state index contributed by atoms with van der Waals surface area (Å²) in [5.74, 6) is -0.113. The van der Waals surface area contributed by atoms with E-state index in [0.29, 0.717) is 23.6 Å². The van der Waals surface area contributed by atoms with Crippen LogP contribution in [0.1, 0.15) is 37.1 Å². The van der Waals surface area contributed by atoms with E-state index in [-0.39, 0.29) is 11.7 Å². The zero-order valence-electron chi connectivity index (χ0n) is 18.1. The smallest absolute Gasteiger partial charge is 0.309 e. The lowest BCUT2D eigenvalue weighted by Crippen LogP contribution is -2.32. The van der Waals surface area contributed by atoms with E-state index in [1.807, 2.05) is 32.2 Å². The summed E-state index contributed by atoms with van der Waals surface area (Å²) < 4.78 is 40.3. The molecule has 10 heteroatoms. The summed E-state index contributed by atoms with van der Waals surface area (Å²) in [6.45, 7) is 5.92. The Bertz CT molecular complexity index is 1070. The Hall–Kier alpha value is -2.88. The van der Waals surface area contributed by atoms with E-state index in [1.54, 1.807) is 28.9 Å². The Labute approximate surface area is 188 Å². The number of halogens is 3. The summed E-state index contributed by atoms with van der Waals surface area (Å²) in [5.41, 5.74) is 1.91. The van der Waals surface area contributed by atoms with Crippen LogP contribution < -0.4 is 4.90 Å². The molecule has 0 N–H and O–H groups in total. The van der Waals surface area contributed by atoms with Crippen molar-refractivity contribution in [2.45, 2.75) is 44.8 Å². The molecule has 3 rings (SSSR count). The van der Waals surface area contributed by atoms with Crippen LogP contribution in [0.5, 0.6) is 0 Å². The zero-order chi connectivity index (χ0) is 23.3. The van der Waals surface area contributed by atoms with Crippen molar-refractivity contribution in [2.24, 2.45) is 0 Å². The molecule has 0 radical (unpaired) electrons. The number of pyridine rings is 2. The van der Waals surface area contributed by atoms with Crippen LogP contribution >= 0.6 is 11.8 Å². The number of rotatable bonds is 8. The van der Waals surface area contributed by atoms with Gasteiger partial charge in [0.25, 0.3) is 0 Å². The van der Waals surface area contributed by atoms with Gasteiger partial charge in [-0.2, -0.15) is 18.3 Å². The minimum atomic E-state index is -4.44. The molecule has 1 amide bonds. The van der Waals surface area contributed by atoms with Crippen molar-refractivity contribution in [3.63, 3.8) is 0 Å². The first kappa shape index (κ1) is 23.8. The fraction of sp³-hybridized carbons (Fsp3) is 0.364. The average Bonchev–Trinajstić information content (AvgIpc) is 3.17. The fourth-order valence-electron chi connectivity index (χ4n) is 3.22. The van der Waals surface area contributed by atoms with Crippen molar-refractivity contribution in [3.8, 4) is 5.69 Å². The molecular formula is C22H24F3N5OS. The molecule has 0 saturated heterocycles. The molecule has 0 fully saturated rings. The summed E-state index contributed by atoms with van der Waals surface area (Å²) in [7, 11) is 0. The van der Waals surface area contributed by atoms with Crippen LogP contribution in [0.25, 0.3) is 5.69 Å². The first-order valence-corrected chi connectivity index (χ1v) is 11.2. The van der Waals surface area contributed by atoms with Crippen LogP contribution in [0.15, 0.2) is 48.0 Å². The number of aryl methyl sites for hydroxylation is 2. The van der Waals surface area contributed by atoms with Crippen LogP contribution in [-0.2, 0) is 17.4 Å². The Kier molecular flexibility index (Phi) is 7.55. The van der Waals surface area contributed by atoms with Crippen LogP contribution in [-0.4, -0.2) is 38.0 Å². The molecular weight excluding hydrogens is 439 g/mol. The minimum Gasteiger partial charge on any atom is -0.309 e. The third-order valence-corrected chi connectivity index (χ3v) is 5.86. The number of hydrogen-bond acceptors (Lipinski definition) is 5. The number of nitrogens with zero attached hydrogens (tertiary/aromatic N) is 5. The summed E-state index contributed by atoms with van der Waals surface area (Å²) >= 11 is 1.13. The molecule has 0 bridgehead atoms. The second kappa shape index (κ2) is 10.2. The van der Waals surface area contributed by atoms with Gasteiger partial charge in [-0.25, -0.2) is 9.67 Å². The molecule has 0 spiro atoms.